The van der Waals surface area contributed by atoms with Crippen LogP contribution in [-0.4, -0.2) is 36.8 Å². The molecule has 1 aromatic heterocycles. The summed E-state index contributed by atoms with van der Waals surface area (Å²) in [6.07, 6.45) is 3.95. The van der Waals surface area contributed by atoms with Crippen molar-refractivity contribution in [2.45, 2.75) is 30.6 Å². The van der Waals surface area contributed by atoms with E-state index in [2.05, 4.69) is 10.6 Å². The number of sulfonamides is 1. The van der Waals surface area contributed by atoms with Crippen LogP contribution in [0.4, 0.5) is 5.69 Å². The molecule has 0 bridgehead atoms. The monoisotopic (exact) mass is 423 g/mol. The number of rotatable bonds is 4. The van der Waals surface area contributed by atoms with Gasteiger partial charge in [-0.05, 0) is 60.8 Å². The molecule has 3 rings (SSSR count). The number of nitrogens with one attached hydrogen (secondary N) is 2. The van der Waals surface area contributed by atoms with Gasteiger partial charge in [0.15, 0.2) is 5.11 Å². The Morgan fingerprint density at radius 2 is 1.70 bits per heavy atom. The number of thiophene rings is 1. The topological polar surface area (TPSA) is 78.5 Å². The van der Waals surface area contributed by atoms with Gasteiger partial charge in [-0.25, -0.2) is 8.42 Å². The Labute approximate surface area is 168 Å². The van der Waals surface area contributed by atoms with Crippen molar-refractivity contribution in [3.63, 3.8) is 0 Å². The van der Waals surface area contributed by atoms with Gasteiger partial charge in [0, 0.05) is 18.8 Å². The van der Waals surface area contributed by atoms with Gasteiger partial charge >= 0.3 is 0 Å². The molecule has 1 aromatic carbocycles. The molecule has 1 aliphatic heterocycles. The normalized spacial score (nSPS) is 15.7. The maximum Gasteiger partial charge on any atom is 0.267 e. The van der Waals surface area contributed by atoms with Crippen LogP contribution in [0.15, 0.2) is 46.7 Å². The minimum atomic E-state index is -3.47. The molecule has 1 fully saturated rings. The Kier molecular flexibility index (Phi) is 6.59. The third kappa shape index (κ3) is 5.13. The van der Waals surface area contributed by atoms with Crippen LogP contribution in [0, 0.1) is 0 Å². The van der Waals surface area contributed by atoms with Gasteiger partial charge in [0.1, 0.15) is 0 Å². The molecule has 1 saturated heterocycles. The van der Waals surface area contributed by atoms with Crippen LogP contribution in [0.3, 0.4) is 0 Å². The minimum absolute atomic E-state index is 0.163. The van der Waals surface area contributed by atoms with E-state index in [1.165, 1.54) is 11.3 Å². The average Bonchev–Trinajstić information content (AvgIpc) is 3.04. The fourth-order valence-corrected chi connectivity index (χ4v) is 5.22. The summed E-state index contributed by atoms with van der Waals surface area (Å²) in [6, 6.07) is 9.92. The highest BCUT2D eigenvalue weighted by Gasteiger charge is 2.24. The molecule has 2 heterocycles. The minimum Gasteiger partial charge on any atom is -0.332 e. The molecule has 0 atom stereocenters. The van der Waals surface area contributed by atoms with Gasteiger partial charge in [-0.1, -0.05) is 18.9 Å². The fourth-order valence-electron chi connectivity index (χ4n) is 2.88. The van der Waals surface area contributed by atoms with Crippen molar-refractivity contribution in [2.75, 3.05) is 18.4 Å². The predicted molar refractivity (Wildman–Crippen MR) is 112 cm³/mol. The summed E-state index contributed by atoms with van der Waals surface area (Å²) in [6.45, 7) is 1.14. The maximum atomic E-state index is 12.8. The molecule has 1 amide bonds. The Morgan fingerprint density at radius 3 is 2.30 bits per heavy atom. The molecule has 0 saturated carbocycles. The Bertz CT molecular complexity index is 886. The van der Waals surface area contributed by atoms with Crippen LogP contribution in [-0.2, 0) is 10.0 Å². The molecular weight excluding hydrogens is 402 g/mol. The van der Waals surface area contributed by atoms with Gasteiger partial charge in [0.05, 0.1) is 9.77 Å². The summed E-state index contributed by atoms with van der Waals surface area (Å²) in [4.78, 5) is 12.8. The van der Waals surface area contributed by atoms with E-state index in [4.69, 9.17) is 12.2 Å². The first-order valence-corrected chi connectivity index (χ1v) is 11.5. The molecule has 1 aliphatic rings. The standard InChI is InChI=1S/C18H21N3O3S3/c22-17(16-6-5-13-26-16)20-18(25)19-14-7-9-15(10-8-14)27(23,24)21-11-3-1-2-4-12-21/h5-10,13H,1-4,11-12H2,(H2,19,20,22,25). The number of thiocarbonyl (C=S) groups is 1. The molecular formula is C18H21N3O3S3. The first-order chi connectivity index (χ1) is 13.0. The van der Waals surface area contributed by atoms with E-state index in [0.29, 0.717) is 23.7 Å². The van der Waals surface area contributed by atoms with Gasteiger partial charge < -0.3 is 5.32 Å². The summed E-state index contributed by atoms with van der Waals surface area (Å²) in [5.41, 5.74) is 0.612. The quantitative estimate of drug-likeness (QED) is 0.737. The second-order valence-electron chi connectivity index (χ2n) is 6.23. The smallest absolute Gasteiger partial charge is 0.267 e. The summed E-state index contributed by atoms with van der Waals surface area (Å²) in [5, 5.41) is 7.48. The molecule has 2 aromatic rings. The summed E-state index contributed by atoms with van der Waals surface area (Å²) < 4.78 is 27.1. The number of nitrogens with zero attached hydrogens (tertiary/aromatic N) is 1. The van der Waals surface area contributed by atoms with E-state index in [0.717, 1.165) is 25.7 Å². The van der Waals surface area contributed by atoms with Gasteiger partial charge in [-0.3, -0.25) is 10.1 Å². The van der Waals surface area contributed by atoms with Crippen molar-refractivity contribution in [2.24, 2.45) is 0 Å². The molecule has 144 valence electrons. The van der Waals surface area contributed by atoms with Crippen molar-refractivity contribution >= 4 is 50.3 Å². The Balaban J connectivity index is 1.62. The number of amides is 1. The zero-order valence-corrected chi connectivity index (χ0v) is 17.1. The first-order valence-electron chi connectivity index (χ1n) is 8.73. The third-order valence-electron chi connectivity index (χ3n) is 4.29. The van der Waals surface area contributed by atoms with Crippen molar-refractivity contribution in [3.05, 3.63) is 46.7 Å². The molecule has 0 aliphatic carbocycles. The lowest BCUT2D eigenvalue weighted by molar-refractivity contribution is 0.0981. The lowest BCUT2D eigenvalue weighted by Crippen LogP contribution is -2.33. The van der Waals surface area contributed by atoms with E-state index in [1.54, 1.807) is 40.7 Å². The van der Waals surface area contributed by atoms with Gasteiger partial charge in [-0.15, -0.1) is 11.3 Å². The van der Waals surface area contributed by atoms with Crippen molar-refractivity contribution in [1.29, 1.82) is 0 Å². The van der Waals surface area contributed by atoms with Gasteiger partial charge in [0.2, 0.25) is 10.0 Å². The van der Waals surface area contributed by atoms with Crippen LogP contribution in [0.25, 0.3) is 0 Å². The SMILES string of the molecule is O=C(NC(=S)Nc1ccc(S(=O)(=O)N2CCCCCC2)cc1)c1cccs1. The van der Waals surface area contributed by atoms with Crippen LogP contribution < -0.4 is 10.6 Å². The Morgan fingerprint density at radius 1 is 1.04 bits per heavy atom. The first kappa shape index (κ1) is 19.9. The van der Waals surface area contributed by atoms with E-state index in [9.17, 15) is 13.2 Å². The number of anilines is 1. The van der Waals surface area contributed by atoms with E-state index in [1.807, 2.05) is 5.38 Å². The van der Waals surface area contributed by atoms with E-state index < -0.39 is 10.0 Å². The zero-order chi connectivity index (χ0) is 19.3. The summed E-state index contributed by atoms with van der Waals surface area (Å²) in [5.74, 6) is -0.275. The molecule has 9 heteroatoms. The molecule has 0 radical (unpaired) electrons. The number of carbonyl (C=O) groups excluding carboxylic acids is 1. The Hall–Kier alpha value is -1.81. The van der Waals surface area contributed by atoms with E-state index >= 15 is 0 Å². The van der Waals surface area contributed by atoms with Gasteiger partial charge in [0.25, 0.3) is 5.91 Å². The summed E-state index contributed by atoms with van der Waals surface area (Å²) in [7, 11) is -3.47. The van der Waals surface area contributed by atoms with Crippen LogP contribution >= 0.6 is 23.6 Å². The van der Waals surface area contributed by atoms with E-state index in [-0.39, 0.29) is 15.9 Å². The highest BCUT2D eigenvalue weighted by atomic mass is 32.2. The molecule has 0 spiro atoms. The lowest BCUT2D eigenvalue weighted by atomic mass is 10.2. The fraction of sp³-hybridized carbons (Fsp3) is 0.333. The number of benzene rings is 1. The van der Waals surface area contributed by atoms with Crippen LogP contribution in [0.5, 0.6) is 0 Å². The molecule has 6 nitrogen and oxygen atoms in total. The third-order valence-corrected chi connectivity index (χ3v) is 7.27. The van der Waals surface area contributed by atoms with Gasteiger partial charge in [-0.2, -0.15) is 4.31 Å². The second kappa shape index (κ2) is 8.92. The predicted octanol–water partition coefficient (Wildman–Crippen LogP) is 3.44. The van der Waals surface area contributed by atoms with Crippen molar-refractivity contribution in [1.82, 2.24) is 9.62 Å². The lowest BCUT2D eigenvalue weighted by Gasteiger charge is -2.20. The molecule has 2 N–H and O–H groups in total. The summed E-state index contributed by atoms with van der Waals surface area (Å²) >= 11 is 6.47. The maximum absolute atomic E-state index is 12.8. The second-order valence-corrected chi connectivity index (χ2v) is 9.52. The molecule has 27 heavy (non-hydrogen) atoms. The number of hydrogen-bond donors (Lipinski definition) is 2. The largest absolute Gasteiger partial charge is 0.332 e. The van der Waals surface area contributed by atoms with Crippen molar-refractivity contribution in [3.8, 4) is 0 Å². The highest BCUT2D eigenvalue weighted by molar-refractivity contribution is 7.89. The van der Waals surface area contributed by atoms with Crippen LogP contribution in [0.2, 0.25) is 0 Å². The number of hydrogen-bond acceptors (Lipinski definition) is 5. The van der Waals surface area contributed by atoms with Crippen molar-refractivity contribution < 1.29 is 13.2 Å². The molecule has 0 unspecified atom stereocenters. The van der Waals surface area contributed by atoms with Crippen LogP contribution in [0.1, 0.15) is 35.4 Å². The number of carbonyl (C=O) groups is 1. The average molecular weight is 424 g/mol. The highest BCUT2D eigenvalue weighted by Crippen LogP contribution is 2.21. The zero-order valence-electron chi connectivity index (χ0n) is 14.7.